The predicted octanol–water partition coefficient (Wildman–Crippen LogP) is 2.42. The number of hydrogen-bond acceptors (Lipinski definition) is 4. The highest BCUT2D eigenvalue weighted by Crippen LogP contribution is 2.25. The van der Waals surface area contributed by atoms with Crippen LogP contribution in [-0.4, -0.2) is 91.8 Å². The Kier molecular flexibility index (Phi) is 8.40. The molecule has 0 aromatic heterocycles. The summed E-state index contributed by atoms with van der Waals surface area (Å²) in [5.41, 5.74) is 3.06. The van der Waals surface area contributed by atoms with Gasteiger partial charge in [0.05, 0.1) is 13.2 Å². The van der Waals surface area contributed by atoms with E-state index in [0.717, 1.165) is 71.4 Å². The Labute approximate surface area is 199 Å². The van der Waals surface area contributed by atoms with Crippen molar-refractivity contribution >= 4 is 29.9 Å². The first-order valence-electron chi connectivity index (χ1n) is 11.2. The minimum atomic E-state index is 0. The number of nitrogens with one attached hydrogen (secondary N) is 1. The zero-order valence-corrected chi connectivity index (χ0v) is 21.1. The lowest BCUT2D eigenvalue weighted by Crippen LogP contribution is -2.55. The highest BCUT2D eigenvalue weighted by molar-refractivity contribution is 14.0. The molecule has 0 radical (unpaired) electrons. The van der Waals surface area contributed by atoms with Gasteiger partial charge in [-0.3, -0.25) is 14.8 Å². The van der Waals surface area contributed by atoms with Gasteiger partial charge in [-0.05, 0) is 37.8 Å². The first-order valence-corrected chi connectivity index (χ1v) is 11.2. The molecule has 1 aromatic carbocycles. The van der Waals surface area contributed by atoms with E-state index in [9.17, 15) is 0 Å². The van der Waals surface area contributed by atoms with Gasteiger partial charge < -0.3 is 15.0 Å². The maximum Gasteiger partial charge on any atom is 0.193 e. The predicted molar refractivity (Wildman–Crippen MR) is 134 cm³/mol. The van der Waals surface area contributed by atoms with Crippen molar-refractivity contribution in [1.82, 2.24) is 20.0 Å². The third kappa shape index (κ3) is 5.47. The van der Waals surface area contributed by atoms with Crippen LogP contribution in [0.2, 0.25) is 0 Å². The highest BCUT2D eigenvalue weighted by Gasteiger charge is 2.33. The number of likely N-dealkylation sites (tertiary alicyclic amines) is 1. The Bertz CT molecular complexity index is 719. The lowest BCUT2D eigenvalue weighted by atomic mass is 9.94. The molecule has 2 fully saturated rings. The molecule has 3 aliphatic rings. The smallest absolute Gasteiger partial charge is 0.193 e. The molecule has 0 amide bonds. The average Bonchev–Trinajstić information content (AvgIpc) is 3.24. The number of rotatable bonds is 4. The number of aliphatic imine (C=N–C) groups is 1. The van der Waals surface area contributed by atoms with Crippen molar-refractivity contribution in [3.05, 3.63) is 35.4 Å². The summed E-state index contributed by atoms with van der Waals surface area (Å²) in [6.45, 7) is 13.8. The minimum Gasteiger partial charge on any atom is -0.379 e. The molecule has 1 N–H and O–H groups in total. The first-order chi connectivity index (χ1) is 14.1. The largest absolute Gasteiger partial charge is 0.379 e. The normalized spacial score (nSPS) is 23.8. The fourth-order valence-electron chi connectivity index (χ4n) is 4.93. The molecule has 0 aliphatic carbocycles. The van der Waals surface area contributed by atoms with Crippen LogP contribution in [0.25, 0.3) is 0 Å². The van der Waals surface area contributed by atoms with Crippen LogP contribution in [0.5, 0.6) is 0 Å². The Morgan fingerprint density at radius 3 is 2.60 bits per heavy atom. The first kappa shape index (κ1) is 23.8. The van der Waals surface area contributed by atoms with Crippen molar-refractivity contribution in [2.45, 2.75) is 44.8 Å². The molecule has 30 heavy (non-hydrogen) atoms. The van der Waals surface area contributed by atoms with Gasteiger partial charge in [0.15, 0.2) is 5.96 Å². The molecule has 3 heterocycles. The van der Waals surface area contributed by atoms with Crippen LogP contribution in [-0.2, 0) is 17.7 Å². The Morgan fingerprint density at radius 1 is 1.13 bits per heavy atom. The van der Waals surface area contributed by atoms with Crippen molar-refractivity contribution in [2.24, 2.45) is 4.99 Å². The SMILES string of the molecule is CN=C(NCC(C)(C)N1CCc2ccccc2C1)N1CCC(N2CCOCC2)C1.I. The van der Waals surface area contributed by atoms with Gasteiger partial charge in [0, 0.05) is 64.4 Å². The van der Waals surface area contributed by atoms with Crippen LogP contribution in [0.3, 0.4) is 0 Å². The molecule has 1 atom stereocenters. The molecule has 0 saturated carbocycles. The summed E-state index contributed by atoms with van der Waals surface area (Å²) in [6.07, 6.45) is 2.36. The third-order valence-corrected chi connectivity index (χ3v) is 6.90. The molecular formula is C23H38IN5O. The zero-order chi connectivity index (χ0) is 20.3. The van der Waals surface area contributed by atoms with Gasteiger partial charge in [0.1, 0.15) is 0 Å². The molecule has 7 heteroatoms. The van der Waals surface area contributed by atoms with Gasteiger partial charge in [-0.15, -0.1) is 24.0 Å². The van der Waals surface area contributed by atoms with Gasteiger partial charge >= 0.3 is 0 Å². The average molecular weight is 527 g/mol. The van der Waals surface area contributed by atoms with Gasteiger partial charge in [-0.25, -0.2) is 0 Å². The van der Waals surface area contributed by atoms with Crippen LogP contribution in [0.15, 0.2) is 29.3 Å². The Balaban J connectivity index is 0.00000256. The van der Waals surface area contributed by atoms with E-state index in [0.29, 0.717) is 6.04 Å². The summed E-state index contributed by atoms with van der Waals surface area (Å²) in [7, 11) is 1.91. The Hall–Kier alpha value is -0.900. The molecule has 168 valence electrons. The zero-order valence-electron chi connectivity index (χ0n) is 18.8. The molecule has 6 nitrogen and oxygen atoms in total. The van der Waals surface area contributed by atoms with Crippen LogP contribution >= 0.6 is 24.0 Å². The molecule has 1 aromatic rings. The summed E-state index contributed by atoms with van der Waals surface area (Å²) < 4.78 is 5.51. The van der Waals surface area contributed by atoms with Gasteiger partial charge in [-0.2, -0.15) is 0 Å². The second kappa shape index (κ2) is 10.6. The van der Waals surface area contributed by atoms with Gasteiger partial charge in [0.2, 0.25) is 0 Å². The molecule has 0 spiro atoms. The maximum absolute atomic E-state index is 5.51. The molecule has 2 saturated heterocycles. The van der Waals surface area contributed by atoms with E-state index >= 15 is 0 Å². The molecule has 1 unspecified atom stereocenters. The van der Waals surface area contributed by atoms with Crippen LogP contribution < -0.4 is 5.32 Å². The number of fused-ring (bicyclic) bond motifs is 1. The lowest BCUT2D eigenvalue weighted by Gasteiger charge is -2.42. The number of benzene rings is 1. The van der Waals surface area contributed by atoms with E-state index in [1.807, 2.05) is 7.05 Å². The number of morpholine rings is 1. The minimum absolute atomic E-state index is 0. The number of halogens is 1. The number of guanidine groups is 1. The van der Waals surface area contributed by atoms with Gasteiger partial charge in [-0.1, -0.05) is 24.3 Å². The lowest BCUT2D eigenvalue weighted by molar-refractivity contribution is 0.0194. The topological polar surface area (TPSA) is 43.3 Å². The van der Waals surface area contributed by atoms with E-state index < -0.39 is 0 Å². The van der Waals surface area contributed by atoms with Crippen LogP contribution in [0.4, 0.5) is 0 Å². The molecule has 3 aliphatic heterocycles. The molecule has 0 bridgehead atoms. The number of hydrogen-bond donors (Lipinski definition) is 1. The highest BCUT2D eigenvalue weighted by atomic mass is 127. The van der Waals surface area contributed by atoms with E-state index in [1.54, 1.807) is 0 Å². The summed E-state index contributed by atoms with van der Waals surface area (Å²) in [5.74, 6) is 1.05. The Morgan fingerprint density at radius 2 is 1.87 bits per heavy atom. The van der Waals surface area contributed by atoms with E-state index in [-0.39, 0.29) is 29.5 Å². The quantitative estimate of drug-likeness (QED) is 0.370. The van der Waals surface area contributed by atoms with Crippen LogP contribution in [0, 0.1) is 0 Å². The van der Waals surface area contributed by atoms with Gasteiger partial charge in [0.25, 0.3) is 0 Å². The van der Waals surface area contributed by atoms with Crippen molar-refractivity contribution in [1.29, 1.82) is 0 Å². The van der Waals surface area contributed by atoms with Crippen molar-refractivity contribution in [3.8, 4) is 0 Å². The number of ether oxygens (including phenoxy) is 1. The van der Waals surface area contributed by atoms with E-state index in [1.165, 1.54) is 17.5 Å². The fraction of sp³-hybridized carbons (Fsp3) is 0.696. The second-order valence-corrected chi connectivity index (χ2v) is 9.19. The van der Waals surface area contributed by atoms with E-state index in [4.69, 9.17) is 4.74 Å². The summed E-state index contributed by atoms with van der Waals surface area (Å²) in [6, 6.07) is 9.50. The van der Waals surface area contributed by atoms with Crippen molar-refractivity contribution in [2.75, 3.05) is 59.5 Å². The number of nitrogens with zero attached hydrogens (tertiary/aromatic N) is 4. The monoisotopic (exact) mass is 527 g/mol. The summed E-state index contributed by atoms with van der Waals surface area (Å²) in [5, 5.41) is 3.69. The van der Waals surface area contributed by atoms with E-state index in [2.05, 4.69) is 63.1 Å². The van der Waals surface area contributed by atoms with Crippen LogP contribution in [0.1, 0.15) is 31.4 Å². The van der Waals surface area contributed by atoms with Crippen molar-refractivity contribution in [3.63, 3.8) is 0 Å². The molecular weight excluding hydrogens is 489 g/mol. The summed E-state index contributed by atoms with van der Waals surface area (Å²) in [4.78, 5) is 12.2. The fourth-order valence-corrected chi connectivity index (χ4v) is 4.93. The van der Waals surface area contributed by atoms with Crippen molar-refractivity contribution < 1.29 is 4.74 Å². The summed E-state index contributed by atoms with van der Waals surface area (Å²) >= 11 is 0. The maximum atomic E-state index is 5.51. The third-order valence-electron chi connectivity index (χ3n) is 6.90. The standard InChI is InChI=1S/C23H37N5O.HI/c1-23(2,28-11-8-19-6-4-5-7-20(19)16-28)18-25-22(24-3)27-10-9-21(17-27)26-12-14-29-15-13-26;/h4-7,21H,8-18H2,1-3H3,(H,24,25);1H. The second-order valence-electron chi connectivity index (χ2n) is 9.19. The molecule has 4 rings (SSSR count).